The van der Waals surface area contributed by atoms with E-state index in [9.17, 15) is 13.2 Å². The van der Waals surface area contributed by atoms with Crippen LogP contribution >= 0.6 is 11.6 Å². The number of halogens is 4. The number of aryl methyl sites for hydroxylation is 1. The molecule has 0 aliphatic heterocycles. The Kier molecular flexibility index (Phi) is 3.33. The zero-order chi connectivity index (χ0) is 12.4. The molecule has 0 unspecified atom stereocenters. The SMILES string of the molecule is Fc1ccc(-c2nnc(CCCl)o2)c(F)c1F. The molecule has 90 valence electrons. The maximum Gasteiger partial charge on any atom is 0.250 e. The molecular formula is C10H6ClF3N2O. The Morgan fingerprint density at radius 2 is 1.88 bits per heavy atom. The van der Waals surface area contributed by atoms with Crippen molar-refractivity contribution in [2.24, 2.45) is 0 Å². The third-order valence-electron chi connectivity index (χ3n) is 2.04. The van der Waals surface area contributed by atoms with Crippen molar-refractivity contribution in [3.8, 4) is 11.5 Å². The zero-order valence-corrected chi connectivity index (χ0v) is 9.14. The molecule has 1 heterocycles. The molecule has 0 bridgehead atoms. The van der Waals surface area contributed by atoms with Crippen molar-refractivity contribution in [3.05, 3.63) is 35.5 Å². The van der Waals surface area contributed by atoms with Crippen LogP contribution < -0.4 is 0 Å². The topological polar surface area (TPSA) is 38.9 Å². The minimum Gasteiger partial charge on any atom is -0.421 e. The number of alkyl halides is 1. The van der Waals surface area contributed by atoms with E-state index < -0.39 is 17.5 Å². The first-order chi connectivity index (χ1) is 8.13. The van der Waals surface area contributed by atoms with Crippen molar-refractivity contribution in [2.75, 3.05) is 5.88 Å². The Balaban J connectivity index is 2.42. The van der Waals surface area contributed by atoms with Gasteiger partial charge in [0.05, 0.1) is 5.56 Å². The van der Waals surface area contributed by atoms with Gasteiger partial charge in [-0.1, -0.05) is 0 Å². The average molecular weight is 263 g/mol. The molecule has 0 amide bonds. The number of hydrogen-bond donors (Lipinski definition) is 0. The highest BCUT2D eigenvalue weighted by molar-refractivity contribution is 6.17. The fraction of sp³-hybridized carbons (Fsp3) is 0.200. The largest absolute Gasteiger partial charge is 0.421 e. The molecule has 3 nitrogen and oxygen atoms in total. The highest BCUT2D eigenvalue weighted by Gasteiger charge is 2.18. The molecule has 0 saturated heterocycles. The molecule has 1 aromatic carbocycles. The van der Waals surface area contributed by atoms with Crippen LogP contribution in [-0.4, -0.2) is 16.1 Å². The first-order valence-corrected chi connectivity index (χ1v) is 5.19. The van der Waals surface area contributed by atoms with Crippen LogP contribution in [0.5, 0.6) is 0 Å². The van der Waals surface area contributed by atoms with Crippen molar-refractivity contribution in [1.82, 2.24) is 10.2 Å². The van der Waals surface area contributed by atoms with E-state index in [4.69, 9.17) is 16.0 Å². The van der Waals surface area contributed by atoms with Crippen LogP contribution in [0.3, 0.4) is 0 Å². The van der Waals surface area contributed by atoms with Gasteiger partial charge >= 0.3 is 0 Å². The summed E-state index contributed by atoms with van der Waals surface area (Å²) in [6, 6.07) is 1.82. The minimum absolute atomic E-state index is 0.207. The molecule has 0 fully saturated rings. The molecule has 0 saturated carbocycles. The maximum atomic E-state index is 13.4. The third kappa shape index (κ3) is 2.26. The van der Waals surface area contributed by atoms with Crippen LogP contribution in [0.15, 0.2) is 16.5 Å². The van der Waals surface area contributed by atoms with Crippen molar-refractivity contribution >= 4 is 11.6 Å². The summed E-state index contributed by atoms with van der Waals surface area (Å²) >= 11 is 5.46. The normalized spacial score (nSPS) is 10.8. The summed E-state index contributed by atoms with van der Waals surface area (Å²) in [5.74, 6) is -3.93. The lowest BCUT2D eigenvalue weighted by atomic mass is 10.2. The highest BCUT2D eigenvalue weighted by atomic mass is 35.5. The minimum atomic E-state index is -1.57. The molecule has 0 N–H and O–H groups in total. The molecule has 1 aromatic heterocycles. The Labute approximate surface area is 99.2 Å². The van der Waals surface area contributed by atoms with E-state index in [0.717, 1.165) is 12.1 Å². The molecule has 0 radical (unpaired) electrons. The predicted molar refractivity (Wildman–Crippen MR) is 54.0 cm³/mol. The monoisotopic (exact) mass is 262 g/mol. The van der Waals surface area contributed by atoms with Crippen molar-refractivity contribution in [2.45, 2.75) is 6.42 Å². The van der Waals surface area contributed by atoms with E-state index in [0.29, 0.717) is 6.42 Å². The number of hydrogen-bond acceptors (Lipinski definition) is 3. The zero-order valence-electron chi connectivity index (χ0n) is 8.38. The summed E-state index contributed by atoms with van der Waals surface area (Å²) in [5.41, 5.74) is -0.280. The summed E-state index contributed by atoms with van der Waals surface area (Å²) < 4.78 is 44.1. The highest BCUT2D eigenvalue weighted by Crippen LogP contribution is 2.24. The second kappa shape index (κ2) is 4.75. The predicted octanol–water partition coefficient (Wildman–Crippen LogP) is 2.94. The van der Waals surface area contributed by atoms with Gasteiger partial charge in [-0.3, -0.25) is 0 Å². The van der Waals surface area contributed by atoms with Crippen LogP contribution in [0.25, 0.3) is 11.5 Å². The molecule has 2 aromatic rings. The Hall–Kier alpha value is -1.56. The van der Waals surface area contributed by atoms with Gasteiger partial charge in [-0.25, -0.2) is 13.2 Å². The van der Waals surface area contributed by atoms with E-state index in [-0.39, 0.29) is 23.2 Å². The average Bonchev–Trinajstić information content (AvgIpc) is 2.75. The molecule has 7 heteroatoms. The van der Waals surface area contributed by atoms with Gasteiger partial charge in [0.1, 0.15) is 0 Å². The van der Waals surface area contributed by atoms with Crippen molar-refractivity contribution < 1.29 is 17.6 Å². The van der Waals surface area contributed by atoms with E-state index in [2.05, 4.69) is 10.2 Å². The Morgan fingerprint density at radius 1 is 1.12 bits per heavy atom. The van der Waals surface area contributed by atoms with E-state index in [1.165, 1.54) is 0 Å². The van der Waals surface area contributed by atoms with Gasteiger partial charge in [0.25, 0.3) is 5.89 Å². The van der Waals surface area contributed by atoms with Gasteiger partial charge in [0, 0.05) is 12.3 Å². The number of nitrogens with zero attached hydrogens (tertiary/aromatic N) is 2. The van der Waals surface area contributed by atoms with E-state index >= 15 is 0 Å². The Bertz CT molecular complexity index is 544. The molecule has 0 aliphatic rings. The van der Waals surface area contributed by atoms with E-state index in [1.54, 1.807) is 0 Å². The smallest absolute Gasteiger partial charge is 0.250 e. The lowest BCUT2D eigenvalue weighted by Gasteiger charge is -1.99. The second-order valence-electron chi connectivity index (χ2n) is 3.16. The summed E-state index contributed by atoms with van der Waals surface area (Å²) in [7, 11) is 0. The number of benzene rings is 1. The lowest BCUT2D eigenvalue weighted by Crippen LogP contribution is -1.93. The molecule has 17 heavy (non-hydrogen) atoms. The van der Waals surface area contributed by atoms with Gasteiger partial charge < -0.3 is 4.42 Å². The van der Waals surface area contributed by atoms with Crippen LogP contribution in [0.2, 0.25) is 0 Å². The fourth-order valence-corrected chi connectivity index (χ4v) is 1.40. The molecule has 2 rings (SSSR count). The summed E-state index contributed by atoms with van der Waals surface area (Å²) in [4.78, 5) is 0. The number of aromatic nitrogens is 2. The van der Waals surface area contributed by atoms with Gasteiger partial charge in [-0.15, -0.1) is 21.8 Å². The summed E-state index contributed by atoms with van der Waals surface area (Å²) in [6.45, 7) is 0. The first kappa shape index (κ1) is 11.9. The van der Waals surface area contributed by atoms with Gasteiger partial charge in [-0.05, 0) is 12.1 Å². The van der Waals surface area contributed by atoms with E-state index in [1.807, 2.05) is 0 Å². The van der Waals surface area contributed by atoms with Crippen LogP contribution in [0, 0.1) is 17.5 Å². The third-order valence-corrected chi connectivity index (χ3v) is 2.23. The Morgan fingerprint density at radius 3 is 2.59 bits per heavy atom. The second-order valence-corrected chi connectivity index (χ2v) is 3.54. The van der Waals surface area contributed by atoms with Crippen LogP contribution in [-0.2, 0) is 6.42 Å². The van der Waals surface area contributed by atoms with Crippen molar-refractivity contribution in [3.63, 3.8) is 0 Å². The van der Waals surface area contributed by atoms with Crippen LogP contribution in [0.4, 0.5) is 13.2 Å². The molecular weight excluding hydrogens is 257 g/mol. The standard InChI is InChI=1S/C10H6ClF3N2O/c11-4-3-7-15-16-10(17-7)5-1-2-6(12)9(14)8(5)13/h1-2H,3-4H2. The summed E-state index contributed by atoms with van der Waals surface area (Å²) in [6.07, 6.45) is 0.319. The molecule has 0 spiro atoms. The van der Waals surface area contributed by atoms with Gasteiger partial charge in [0.15, 0.2) is 17.5 Å². The quantitative estimate of drug-likeness (QED) is 0.631. The fourth-order valence-electron chi connectivity index (χ4n) is 1.24. The molecule has 0 atom stereocenters. The van der Waals surface area contributed by atoms with Crippen LogP contribution in [0.1, 0.15) is 5.89 Å². The summed E-state index contributed by atoms with van der Waals surface area (Å²) in [5, 5.41) is 7.12. The van der Waals surface area contributed by atoms with Gasteiger partial charge in [-0.2, -0.15) is 0 Å². The lowest BCUT2D eigenvalue weighted by molar-refractivity contribution is 0.444. The van der Waals surface area contributed by atoms with Gasteiger partial charge in [0.2, 0.25) is 5.89 Å². The molecule has 0 aliphatic carbocycles. The van der Waals surface area contributed by atoms with Crippen molar-refractivity contribution in [1.29, 1.82) is 0 Å². The maximum absolute atomic E-state index is 13.4. The first-order valence-electron chi connectivity index (χ1n) is 4.65. The number of rotatable bonds is 3.